The van der Waals surface area contributed by atoms with Gasteiger partial charge in [-0.1, -0.05) is 42.1 Å². The first kappa shape index (κ1) is 17.8. The van der Waals surface area contributed by atoms with Crippen molar-refractivity contribution in [2.24, 2.45) is 0 Å². The Hall–Kier alpha value is -2.96. The van der Waals surface area contributed by atoms with E-state index in [2.05, 4.69) is 22.0 Å². The maximum Gasteiger partial charge on any atom is 0.246 e. The molecule has 0 aliphatic carbocycles. The number of benzene rings is 1. The van der Waals surface area contributed by atoms with Crippen molar-refractivity contribution in [2.75, 3.05) is 13.1 Å². The van der Waals surface area contributed by atoms with Gasteiger partial charge in [-0.3, -0.25) is 9.59 Å². The van der Waals surface area contributed by atoms with Crippen molar-refractivity contribution >= 4 is 11.8 Å². The highest BCUT2D eigenvalue weighted by Crippen LogP contribution is 2.36. The Kier molecular flexibility index (Phi) is 5.16. The molecule has 0 unspecified atom stereocenters. The second-order valence-electron chi connectivity index (χ2n) is 6.40. The molecule has 1 aromatic heterocycles. The van der Waals surface area contributed by atoms with Gasteiger partial charge in [-0.05, 0) is 31.4 Å². The zero-order chi connectivity index (χ0) is 18.6. The van der Waals surface area contributed by atoms with Crippen LogP contribution in [0.25, 0.3) is 0 Å². The summed E-state index contributed by atoms with van der Waals surface area (Å²) in [5, 5.41) is 6.65. The average molecular weight is 354 g/mol. The van der Waals surface area contributed by atoms with E-state index in [9.17, 15) is 9.59 Å². The maximum atomic E-state index is 13.1. The molecule has 7 nitrogen and oxygen atoms in total. The summed E-state index contributed by atoms with van der Waals surface area (Å²) in [6.07, 6.45) is 2.41. The minimum atomic E-state index is -0.686. The molecule has 2 amide bonds. The standard InChI is InChI=1S/C19H22N4O3/c1-3-17(24)23-11-9-19(10-12-23,15-7-5-4-6-8-15)18(25)20-13-16-21-14(2)22-26-16/h3-8H,1,9-13H2,2H3,(H,20,25). The molecule has 1 aromatic carbocycles. The molecule has 7 heteroatoms. The number of carbonyl (C=O) groups excluding carboxylic acids is 2. The Morgan fingerprint density at radius 3 is 2.58 bits per heavy atom. The van der Waals surface area contributed by atoms with Gasteiger partial charge in [0.05, 0.1) is 12.0 Å². The summed E-state index contributed by atoms with van der Waals surface area (Å²) in [6, 6.07) is 9.69. The summed E-state index contributed by atoms with van der Waals surface area (Å²) in [5.74, 6) is 0.709. The molecule has 0 radical (unpaired) electrons. The third kappa shape index (κ3) is 3.51. The molecular formula is C19H22N4O3. The molecule has 1 aliphatic heterocycles. The van der Waals surface area contributed by atoms with Gasteiger partial charge in [0.1, 0.15) is 0 Å². The van der Waals surface area contributed by atoms with E-state index in [-0.39, 0.29) is 18.4 Å². The number of rotatable bonds is 5. The second-order valence-corrected chi connectivity index (χ2v) is 6.40. The number of amides is 2. The summed E-state index contributed by atoms with van der Waals surface area (Å²) < 4.78 is 5.06. The predicted octanol–water partition coefficient (Wildman–Crippen LogP) is 1.74. The molecule has 1 aliphatic rings. The van der Waals surface area contributed by atoms with Crippen LogP contribution in [0.5, 0.6) is 0 Å². The monoisotopic (exact) mass is 354 g/mol. The zero-order valence-corrected chi connectivity index (χ0v) is 14.8. The van der Waals surface area contributed by atoms with Gasteiger partial charge >= 0.3 is 0 Å². The Morgan fingerprint density at radius 1 is 1.31 bits per heavy atom. The Balaban J connectivity index is 1.79. The Morgan fingerprint density at radius 2 is 2.00 bits per heavy atom. The highest BCUT2D eigenvalue weighted by Gasteiger charge is 2.43. The lowest BCUT2D eigenvalue weighted by Crippen LogP contribution is -2.52. The largest absolute Gasteiger partial charge is 0.346 e. The van der Waals surface area contributed by atoms with E-state index < -0.39 is 5.41 Å². The lowest BCUT2D eigenvalue weighted by molar-refractivity contribution is -0.134. The van der Waals surface area contributed by atoms with Gasteiger partial charge in [0.25, 0.3) is 0 Å². The van der Waals surface area contributed by atoms with Crippen LogP contribution in [0, 0.1) is 6.92 Å². The Bertz CT molecular complexity index is 792. The first-order chi connectivity index (χ1) is 12.5. The summed E-state index contributed by atoms with van der Waals surface area (Å²) in [4.78, 5) is 30.8. The van der Waals surface area contributed by atoms with Crippen LogP contribution < -0.4 is 5.32 Å². The molecule has 2 aromatic rings. The first-order valence-corrected chi connectivity index (χ1v) is 8.59. The predicted molar refractivity (Wildman–Crippen MR) is 95.0 cm³/mol. The summed E-state index contributed by atoms with van der Waals surface area (Å²) in [6.45, 7) is 6.46. The van der Waals surface area contributed by atoms with Crippen LogP contribution in [0.2, 0.25) is 0 Å². The van der Waals surface area contributed by atoms with E-state index in [0.29, 0.717) is 37.6 Å². The van der Waals surface area contributed by atoms with Crippen LogP contribution in [0.3, 0.4) is 0 Å². The Labute approximate surface area is 152 Å². The maximum absolute atomic E-state index is 13.1. The van der Waals surface area contributed by atoms with Crippen molar-refractivity contribution in [3.63, 3.8) is 0 Å². The highest BCUT2D eigenvalue weighted by atomic mass is 16.5. The van der Waals surface area contributed by atoms with E-state index in [1.807, 2.05) is 30.3 Å². The van der Waals surface area contributed by atoms with Crippen molar-refractivity contribution in [1.29, 1.82) is 0 Å². The molecule has 0 spiro atoms. The second kappa shape index (κ2) is 7.51. The number of likely N-dealkylation sites (tertiary alicyclic amines) is 1. The van der Waals surface area contributed by atoms with E-state index in [1.54, 1.807) is 11.8 Å². The van der Waals surface area contributed by atoms with E-state index in [0.717, 1.165) is 5.56 Å². The summed E-state index contributed by atoms with van der Waals surface area (Å²) in [7, 11) is 0. The van der Waals surface area contributed by atoms with Crippen LogP contribution >= 0.6 is 0 Å². The fourth-order valence-corrected chi connectivity index (χ4v) is 3.38. The van der Waals surface area contributed by atoms with Gasteiger partial charge in [-0.25, -0.2) is 0 Å². The van der Waals surface area contributed by atoms with Gasteiger partial charge in [0.15, 0.2) is 5.82 Å². The molecule has 26 heavy (non-hydrogen) atoms. The fraction of sp³-hybridized carbons (Fsp3) is 0.368. The number of hydrogen-bond donors (Lipinski definition) is 1. The van der Waals surface area contributed by atoms with E-state index >= 15 is 0 Å². The molecule has 0 saturated carbocycles. The fourth-order valence-electron chi connectivity index (χ4n) is 3.38. The number of nitrogens with one attached hydrogen (secondary N) is 1. The topological polar surface area (TPSA) is 88.3 Å². The smallest absolute Gasteiger partial charge is 0.246 e. The first-order valence-electron chi connectivity index (χ1n) is 8.59. The number of aromatic nitrogens is 2. The van der Waals surface area contributed by atoms with Crippen LogP contribution in [-0.2, 0) is 21.5 Å². The number of aryl methyl sites for hydroxylation is 1. The molecule has 136 valence electrons. The van der Waals surface area contributed by atoms with E-state index in [1.165, 1.54) is 6.08 Å². The normalized spacial score (nSPS) is 16.1. The van der Waals surface area contributed by atoms with Crippen molar-refractivity contribution in [2.45, 2.75) is 31.7 Å². The number of nitrogens with zero attached hydrogens (tertiary/aromatic N) is 3. The number of carbonyl (C=O) groups is 2. The summed E-state index contributed by atoms with van der Waals surface area (Å²) >= 11 is 0. The number of piperidine rings is 1. The lowest BCUT2D eigenvalue weighted by Gasteiger charge is -2.40. The van der Waals surface area contributed by atoms with Crippen LogP contribution in [-0.4, -0.2) is 39.9 Å². The minimum Gasteiger partial charge on any atom is -0.346 e. The van der Waals surface area contributed by atoms with Crippen molar-refractivity contribution < 1.29 is 14.1 Å². The molecule has 1 N–H and O–H groups in total. The van der Waals surface area contributed by atoms with Gasteiger partial charge in [0.2, 0.25) is 17.7 Å². The molecule has 3 rings (SSSR count). The average Bonchev–Trinajstić information content (AvgIpc) is 3.11. The van der Waals surface area contributed by atoms with Gasteiger partial charge < -0.3 is 14.7 Å². The van der Waals surface area contributed by atoms with Gasteiger partial charge in [0, 0.05) is 13.1 Å². The molecule has 2 heterocycles. The van der Waals surface area contributed by atoms with Crippen LogP contribution in [0.1, 0.15) is 30.1 Å². The molecule has 0 bridgehead atoms. The molecule has 0 atom stereocenters. The molecular weight excluding hydrogens is 332 g/mol. The SMILES string of the molecule is C=CC(=O)N1CCC(C(=O)NCc2nc(C)no2)(c2ccccc2)CC1. The van der Waals surface area contributed by atoms with E-state index in [4.69, 9.17) is 4.52 Å². The number of hydrogen-bond acceptors (Lipinski definition) is 5. The zero-order valence-electron chi connectivity index (χ0n) is 14.8. The van der Waals surface area contributed by atoms with Crippen molar-refractivity contribution in [1.82, 2.24) is 20.4 Å². The van der Waals surface area contributed by atoms with Crippen LogP contribution in [0.4, 0.5) is 0 Å². The van der Waals surface area contributed by atoms with Gasteiger partial charge in [-0.15, -0.1) is 0 Å². The molecule has 1 saturated heterocycles. The third-order valence-electron chi connectivity index (χ3n) is 4.83. The summed E-state index contributed by atoms with van der Waals surface area (Å²) in [5.41, 5.74) is 0.263. The van der Waals surface area contributed by atoms with Crippen molar-refractivity contribution in [3.8, 4) is 0 Å². The highest BCUT2D eigenvalue weighted by molar-refractivity contribution is 5.90. The van der Waals surface area contributed by atoms with Crippen molar-refractivity contribution in [3.05, 3.63) is 60.3 Å². The van der Waals surface area contributed by atoms with Crippen LogP contribution in [0.15, 0.2) is 47.5 Å². The lowest BCUT2D eigenvalue weighted by atomic mass is 9.72. The quantitative estimate of drug-likeness (QED) is 0.826. The third-order valence-corrected chi connectivity index (χ3v) is 4.83. The minimum absolute atomic E-state index is 0.0924. The van der Waals surface area contributed by atoms with Gasteiger partial charge in [-0.2, -0.15) is 4.98 Å². The molecule has 1 fully saturated rings.